The third-order valence-electron chi connectivity index (χ3n) is 3.77. The van der Waals surface area contributed by atoms with E-state index in [2.05, 4.69) is 38.2 Å². The molecule has 0 heterocycles. The Balaban J connectivity index is 0.00000529. The van der Waals surface area contributed by atoms with Crippen molar-refractivity contribution in [2.45, 2.75) is 51.6 Å². The van der Waals surface area contributed by atoms with Gasteiger partial charge in [0.1, 0.15) is 9.84 Å². The second-order valence-corrected chi connectivity index (χ2v) is 9.39. The average Bonchev–Trinajstić information content (AvgIpc) is 2.43. The Bertz CT molecular complexity index is 637. The Morgan fingerprint density at radius 2 is 1.71 bits per heavy atom. The van der Waals surface area contributed by atoms with Crippen molar-refractivity contribution in [2.75, 3.05) is 12.0 Å². The zero-order chi connectivity index (χ0) is 17.8. The van der Waals surface area contributed by atoms with Gasteiger partial charge in [0, 0.05) is 6.26 Å². The molecule has 3 N–H and O–H groups in total. The molecule has 0 saturated heterocycles. The molecule has 2 atom stereocenters. The number of sulfone groups is 1. The zero-order valence-corrected chi connectivity index (χ0v) is 16.6. The first-order chi connectivity index (χ1) is 10.4. The molecule has 1 aromatic carbocycles. The van der Waals surface area contributed by atoms with Crippen LogP contribution in [0.15, 0.2) is 24.3 Å². The summed E-state index contributed by atoms with van der Waals surface area (Å²) in [6, 6.07) is 7.10. The lowest BCUT2D eigenvalue weighted by molar-refractivity contribution is -0.123. The van der Waals surface area contributed by atoms with Gasteiger partial charge in [-0.3, -0.25) is 4.79 Å². The van der Waals surface area contributed by atoms with Crippen molar-refractivity contribution in [1.29, 1.82) is 0 Å². The summed E-state index contributed by atoms with van der Waals surface area (Å²) in [5.41, 5.74) is 8.05. The number of nitrogens with two attached hydrogens (primary N) is 1. The van der Waals surface area contributed by atoms with Crippen LogP contribution in [0.25, 0.3) is 0 Å². The minimum atomic E-state index is -3.11. The van der Waals surface area contributed by atoms with Gasteiger partial charge in [0.2, 0.25) is 5.91 Å². The topological polar surface area (TPSA) is 89.3 Å². The molecule has 1 aromatic rings. The molecule has 0 fully saturated rings. The third kappa shape index (κ3) is 7.64. The van der Waals surface area contributed by atoms with E-state index >= 15 is 0 Å². The minimum Gasteiger partial charge on any atom is -0.348 e. The van der Waals surface area contributed by atoms with Gasteiger partial charge in [-0.15, -0.1) is 12.4 Å². The van der Waals surface area contributed by atoms with Crippen molar-refractivity contribution in [3.63, 3.8) is 0 Å². The van der Waals surface area contributed by atoms with E-state index < -0.39 is 15.9 Å². The molecular formula is C17H29ClN2O3S. The quantitative estimate of drug-likeness (QED) is 0.797. The van der Waals surface area contributed by atoms with E-state index in [4.69, 9.17) is 5.73 Å². The van der Waals surface area contributed by atoms with Gasteiger partial charge in [-0.25, -0.2) is 8.42 Å². The normalized spacial score (nSPS) is 14.4. The van der Waals surface area contributed by atoms with Crippen LogP contribution in [0.2, 0.25) is 0 Å². The highest BCUT2D eigenvalue weighted by atomic mass is 35.5. The van der Waals surface area contributed by atoms with Crippen LogP contribution in [-0.4, -0.2) is 32.4 Å². The maximum Gasteiger partial charge on any atom is 0.237 e. The molecule has 2 unspecified atom stereocenters. The van der Waals surface area contributed by atoms with Crippen LogP contribution >= 0.6 is 12.4 Å². The highest BCUT2D eigenvalue weighted by Gasteiger charge is 2.19. The first-order valence-corrected chi connectivity index (χ1v) is 9.80. The fourth-order valence-corrected chi connectivity index (χ4v) is 2.83. The first-order valence-electron chi connectivity index (χ1n) is 7.74. The van der Waals surface area contributed by atoms with Crippen LogP contribution in [0.5, 0.6) is 0 Å². The highest BCUT2D eigenvalue weighted by Crippen LogP contribution is 2.23. The Hall–Kier alpha value is -1.11. The van der Waals surface area contributed by atoms with Gasteiger partial charge in [0.05, 0.1) is 17.8 Å². The van der Waals surface area contributed by atoms with Crippen LogP contribution in [0.1, 0.15) is 51.3 Å². The lowest BCUT2D eigenvalue weighted by Crippen LogP contribution is -2.42. The van der Waals surface area contributed by atoms with Crippen molar-refractivity contribution >= 4 is 28.2 Å². The Labute approximate surface area is 151 Å². The second kappa shape index (κ2) is 8.83. The molecule has 1 amide bonds. The molecule has 0 radical (unpaired) electrons. The standard InChI is InChI=1S/C17H28N2O3S.ClH/c1-12(13-6-8-14(9-7-13)17(2,3)4)19-16(20)15(18)10-11-23(5,21)22;/h6-9,12,15H,10-11,18H2,1-5H3,(H,19,20);1H. The summed E-state index contributed by atoms with van der Waals surface area (Å²) in [7, 11) is -3.11. The maximum absolute atomic E-state index is 12.0. The fourth-order valence-electron chi connectivity index (χ4n) is 2.15. The van der Waals surface area contributed by atoms with Crippen molar-refractivity contribution in [1.82, 2.24) is 5.32 Å². The summed E-state index contributed by atoms with van der Waals surface area (Å²) in [6.07, 6.45) is 1.26. The van der Waals surface area contributed by atoms with Crippen molar-refractivity contribution in [3.8, 4) is 0 Å². The number of nitrogens with one attached hydrogen (secondary N) is 1. The number of rotatable bonds is 6. The van der Waals surface area contributed by atoms with Crippen LogP contribution < -0.4 is 11.1 Å². The molecule has 5 nitrogen and oxygen atoms in total. The molecule has 138 valence electrons. The van der Waals surface area contributed by atoms with Crippen molar-refractivity contribution in [3.05, 3.63) is 35.4 Å². The molecular weight excluding hydrogens is 348 g/mol. The molecule has 0 aromatic heterocycles. The molecule has 0 aliphatic heterocycles. The molecule has 0 bridgehead atoms. The van der Waals surface area contributed by atoms with Gasteiger partial charge < -0.3 is 11.1 Å². The van der Waals surface area contributed by atoms with Gasteiger partial charge in [-0.2, -0.15) is 0 Å². The average molecular weight is 377 g/mol. The van der Waals surface area contributed by atoms with E-state index in [0.29, 0.717) is 0 Å². The number of halogens is 1. The number of carbonyl (C=O) groups excluding carboxylic acids is 1. The molecule has 0 aliphatic rings. The van der Waals surface area contributed by atoms with Crippen LogP contribution in [0, 0.1) is 0 Å². The SMILES string of the molecule is CC(NC(=O)C(N)CCS(C)(=O)=O)c1ccc(C(C)(C)C)cc1.Cl. The molecule has 0 saturated carbocycles. The van der Waals surface area contributed by atoms with Crippen LogP contribution in [-0.2, 0) is 20.0 Å². The lowest BCUT2D eigenvalue weighted by Gasteiger charge is -2.21. The highest BCUT2D eigenvalue weighted by molar-refractivity contribution is 7.90. The van der Waals surface area contributed by atoms with Crippen molar-refractivity contribution < 1.29 is 13.2 Å². The summed E-state index contributed by atoms with van der Waals surface area (Å²) >= 11 is 0. The number of hydrogen-bond acceptors (Lipinski definition) is 4. The summed E-state index contributed by atoms with van der Waals surface area (Å²) in [4.78, 5) is 12.0. The zero-order valence-electron chi connectivity index (χ0n) is 15.0. The Morgan fingerprint density at radius 1 is 1.21 bits per heavy atom. The number of benzene rings is 1. The Kier molecular flexibility index (Phi) is 8.42. The number of carbonyl (C=O) groups is 1. The number of amides is 1. The minimum absolute atomic E-state index is 0. The van der Waals surface area contributed by atoms with Gasteiger partial charge >= 0.3 is 0 Å². The predicted molar refractivity (Wildman–Crippen MR) is 101 cm³/mol. The Morgan fingerprint density at radius 3 is 2.12 bits per heavy atom. The van der Waals surface area contributed by atoms with E-state index in [1.165, 1.54) is 5.56 Å². The van der Waals surface area contributed by atoms with Gasteiger partial charge in [0.15, 0.2) is 0 Å². The lowest BCUT2D eigenvalue weighted by atomic mass is 9.86. The third-order valence-corrected chi connectivity index (χ3v) is 4.75. The molecule has 7 heteroatoms. The van der Waals surface area contributed by atoms with E-state index in [9.17, 15) is 13.2 Å². The largest absolute Gasteiger partial charge is 0.348 e. The van der Waals surface area contributed by atoms with Crippen molar-refractivity contribution in [2.24, 2.45) is 5.73 Å². The van der Waals surface area contributed by atoms with E-state index in [1.54, 1.807) is 0 Å². The van der Waals surface area contributed by atoms with E-state index in [-0.39, 0.29) is 41.9 Å². The number of hydrogen-bond donors (Lipinski definition) is 2. The predicted octanol–water partition coefficient (Wildman–Crippen LogP) is 2.35. The summed E-state index contributed by atoms with van der Waals surface area (Å²) in [5, 5.41) is 2.83. The van der Waals surface area contributed by atoms with Crippen LogP contribution in [0.3, 0.4) is 0 Å². The summed E-state index contributed by atoms with van der Waals surface area (Å²) in [6.45, 7) is 8.32. The van der Waals surface area contributed by atoms with E-state index in [1.807, 2.05) is 19.1 Å². The molecule has 1 rings (SSSR count). The van der Waals surface area contributed by atoms with Gasteiger partial charge in [-0.05, 0) is 29.9 Å². The second-order valence-electron chi connectivity index (χ2n) is 7.13. The van der Waals surface area contributed by atoms with E-state index in [0.717, 1.165) is 11.8 Å². The fraction of sp³-hybridized carbons (Fsp3) is 0.588. The van der Waals surface area contributed by atoms with Gasteiger partial charge in [0.25, 0.3) is 0 Å². The monoisotopic (exact) mass is 376 g/mol. The summed E-state index contributed by atoms with van der Waals surface area (Å²) in [5.74, 6) is -0.419. The molecule has 24 heavy (non-hydrogen) atoms. The van der Waals surface area contributed by atoms with Crippen LogP contribution in [0.4, 0.5) is 0 Å². The summed E-state index contributed by atoms with van der Waals surface area (Å²) < 4.78 is 22.3. The molecule has 0 aliphatic carbocycles. The molecule has 0 spiro atoms. The maximum atomic E-state index is 12.0. The van der Waals surface area contributed by atoms with Gasteiger partial charge in [-0.1, -0.05) is 45.0 Å². The first kappa shape index (κ1) is 22.9. The smallest absolute Gasteiger partial charge is 0.237 e.